The molecule has 0 radical (unpaired) electrons. The van der Waals surface area contributed by atoms with E-state index in [1.165, 1.54) is 5.56 Å². The molecule has 4 heteroatoms. The van der Waals surface area contributed by atoms with Gasteiger partial charge in [0.15, 0.2) is 0 Å². The summed E-state index contributed by atoms with van der Waals surface area (Å²) >= 11 is 0. The average molecular weight is 309 g/mol. The van der Waals surface area contributed by atoms with E-state index < -0.39 is 0 Å². The van der Waals surface area contributed by atoms with Gasteiger partial charge in [-0.25, -0.2) is 0 Å². The minimum absolute atomic E-state index is 0.237. The van der Waals surface area contributed by atoms with E-state index in [1.54, 1.807) is 6.20 Å². The lowest BCUT2D eigenvalue weighted by Gasteiger charge is -2.17. The summed E-state index contributed by atoms with van der Waals surface area (Å²) in [4.78, 5) is 18.4. The summed E-state index contributed by atoms with van der Waals surface area (Å²) in [6, 6.07) is 16.6. The molecule has 1 unspecified atom stereocenters. The molecule has 1 fully saturated rings. The predicted molar refractivity (Wildman–Crippen MR) is 90.8 cm³/mol. The van der Waals surface area contributed by atoms with Crippen molar-refractivity contribution >= 4 is 5.91 Å². The lowest BCUT2D eigenvalue weighted by atomic mass is 10.1. The highest BCUT2D eigenvalue weighted by Crippen LogP contribution is 2.13. The van der Waals surface area contributed by atoms with Crippen molar-refractivity contribution in [3.63, 3.8) is 0 Å². The molecule has 1 aromatic heterocycles. The molecular formula is C19H23N3O. The standard InChI is InChI=1S/C19H23N3O/c23-19-13-18(21-14-17-10-4-5-11-20-17)15-22(19)12-6-9-16-7-2-1-3-8-16/h1-5,7-8,10-11,18,21H,6,9,12-15H2. The number of pyridine rings is 1. The van der Waals surface area contributed by atoms with Crippen LogP contribution in [0, 0.1) is 0 Å². The van der Waals surface area contributed by atoms with Crippen LogP contribution in [-0.4, -0.2) is 34.9 Å². The Kier molecular flexibility index (Phi) is 5.37. The van der Waals surface area contributed by atoms with Gasteiger partial charge in [0.05, 0.1) is 5.69 Å². The van der Waals surface area contributed by atoms with Crippen molar-refractivity contribution in [2.45, 2.75) is 31.8 Å². The van der Waals surface area contributed by atoms with Crippen LogP contribution in [0.15, 0.2) is 54.7 Å². The molecule has 0 aliphatic carbocycles. The van der Waals surface area contributed by atoms with E-state index in [9.17, 15) is 4.79 Å². The summed E-state index contributed by atoms with van der Waals surface area (Å²) in [5, 5.41) is 3.44. The van der Waals surface area contributed by atoms with Gasteiger partial charge < -0.3 is 10.2 Å². The number of nitrogens with one attached hydrogen (secondary N) is 1. The SMILES string of the molecule is O=C1CC(NCc2ccccn2)CN1CCCc1ccccc1. The van der Waals surface area contributed by atoms with Crippen molar-refractivity contribution < 1.29 is 4.79 Å². The second-order valence-electron chi connectivity index (χ2n) is 6.03. The van der Waals surface area contributed by atoms with Gasteiger partial charge in [-0.05, 0) is 30.5 Å². The maximum atomic E-state index is 12.1. The zero-order chi connectivity index (χ0) is 15.9. The highest BCUT2D eigenvalue weighted by Gasteiger charge is 2.28. The first-order valence-corrected chi connectivity index (χ1v) is 8.26. The molecule has 0 saturated carbocycles. The summed E-state index contributed by atoms with van der Waals surface area (Å²) in [6.45, 7) is 2.37. The van der Waals surface area contributed by atoms with Gasteiger partial charge in [0.1, 0.15) is 0 Å². The lowest BCUT2D eigenvalue weighted by Crippen LogP contribution is -2.33. The summed E-state index contributed by atoms with van der Waals surface area (Å²) in [7, 11) is 0. The van der Waals surface area contributed by atoms with Crippen LogP contribution >= 0.6 is 0 Å². The second kappa shape index (κ2) is 7.88. The number of hydrogen-bond donors (Lipinski definition) is 1. The largest absolute Gasteiger partial charge is 0.341 e. The molecule has 1 amide bonds. The maximum Gasteiger partial charge on any atom is 0.224 e. The molecule has 1 aromatic carbocycles. The van der Waals surface area contributed by atoms with Crippen LogP contribution in [0.2, 0.25) is 0 Å². The van der Waals surface area contributed by atoms with Gasteiger partial charge in [0.2, 0.25) is 5.91 Å². The van der Waals surface area contributed by atoms with Crippen molar-refractivity contribution in [3.05, 3.63) is 66.0 Å². The van der Waals surface area contributed by atoms with E-state index in [2.05, 4.69) is 34.6 Å². The molecule has 2 heterocycles. The third kappa shape index (κ3) is 4.63. The van der Waals surface area contributed by atoms with E-state index in [0.717, 1.165) is 38.2 Å². The number of benzene rings is 1. The predicted octanol–water partition coefficient (Wildman–Crippen LogP) is 2.40. The first-order valence-electron chi connectivity index (χ1n) is 8.26. The number of aryl methyl sites for hydroxylation is 1. The number of hydrogen-bond acceptors (Lipinski definition) is 3. The number of nitrogens with zero attached hydrogens (tertiary/aromatic N) is 2. The van der Waals surface area contributed by atoms with E-state index in [4.69, 9.17) is 0 Å². The Hall–Kier alpha value is -2.20. The Morgan fingerprint density at radius 3 is 2.74 bits per heavy atom. The van der Waals surface area contributed by atoms with Crippen LogP contribution in [0.3, 0.4) is 0 Å². The molecule has 0 spiro atoms. The fourth-order valence-electron chi connectivity index (χ4n) is 3.00. The molecule has 120 valence electrons. The van der Waals surface area contributed by atoms with Gasteiger partial charge in [-0.15, -0.1) is 0 Å². The Bertz CT molecular complexity index is 615. The van der Waals surface area contributed by atoms with Gasteiger partial charge in [-0.2, -0.15) is 0 Å². The van der Waals surface area contributed by atoms with Crippen molar-refractivity contribution in [1.29, 1.82) is 0 Å². The molecule has 0 bridgehead atoms. The monoisotopic (exact) mass is 309 g/mol. The number of rotatable bonds is 7. The minimum Gasteiger partial charge on any atom is -0.341 e. The van der Waals surface area contributed by atoms with Gasteiger partial charge >= 0.3 is 0 Å². The van der Waals surface area contributed by atoms with Gasteiger partial charge in [-0.1, -0.05) is 36.4 Å². The summed E-state index contributed by atoms with van der Waals surface area (Å²) < 4.78 is 0. The van der Waals surface area contributed by atoms with Gasteiger partial charge in [-0.3, -0.25) is 9.78 Å². The first-order chi connectivity index (χ1) is 11.3. The molecule has 1 atom stereocenters. The first kappa shape index (κ1) is 15.7. The molecular weight excluding hydrogens is 286 g/mol. The number of aromatic nitrogens is 1. The topological polar surface area (TPSA) is 45.2 Å². The highest BCUT2D eigenvalue weighted by molar-refractivity contribution is 5.79. The number of carbonyl (C=O) groups excluding carboxylic acids is 1. The Balaban J connectivity index is 1.40. The third-order valence-electron chi connectivity index (χ3n) is 4.25. The quantitative estimate of drug-likeness (QED) is 0.854. The third-order valence-corrected chi connectivity index (χ3v) is 4.25. The van der Waals surface area contributed by atoms with E-state index in [1.807, 2.05) is 29.2 Å². The minimum atomic E-state index is 0.237. The highest BCUT2D eigenvalue weighted by atomic mass is 16.2. The van der Waals surface area contributed by atoms with Crippen molar-refractivity contribution in [2.75, 3.05) is 13.1 Å². The number of amides is 1. The fraction of sp³-hybridized carbons (Fsp3) is 0.368. The molecule has 1 N–H and O–H groups in total. The zero-order valence-corrected chi connectivity index (χ0v) is 13.3. The molecule has 1 saturated heterocycles. The van der Waals surface area contributed by atoms with Crippen LogP contribution < -0.4 is 5.32 Å². The molecule has 1 aliphatic rings. The Labute approximate surface area is 137 Å². The van der Waals surface area contributed by atoms with Crippen LogP contribution in [0.4, 0.5) is 0 Å². The Morgan fingerprint density at radius 1 is 1.13 bits per heavy atom. The smallest absolute Gasteiger partial charge is 0.224 e. The Morgan fingerprint density at radius 2 is 1.96 bits per heavy atom. The average Bonchev–Trinajstić information content (AvgIpc) is 2.95. The van der Waals surface area contributed by atoms with E-state index in [0.29, 0.717) is 6.42 Å². The summed E-state index contributed by atoms with van der Waals surface area (Å²) in [6.07, 6.45) is 4.43. The van der Waals surface area contributed by atoms with Gasteiger partial charge in [0.25, 0.3) is 0 Å². The molecule has 3 rings (SSSR count). The van der Waals surface area contributed by atoms with Crippen molar-refractivity contribution in [1.82, 2.24) is 15.2 Å². The van der Waals surface area contributed by atoms with Gasteiger partial charge in [0, 0.05) is 38.3 Å². The second-order valence-corrected chi connectivity index (χ2v) is 6.03. The van der Waals surface area contributed by atoms with Crippen molar-refractivity contribution in [2.24, 2.45) is 0 Å². The summed E-state index contributed by atoms with van der Waals surface area (Å²) in [5.74, 6) is 0.261. The lowest BCUT2D eigenvalue weighted by molar-refractivity contribution is -0.127. The van der Waals surface area contributed by atoms with Crippen molar-refractivity contribution in [3.8, 4) is 0 Å². The summed E-state index contributed by atoms with van der Waals surface area (Å²) in [5.41, 5.74) is 2.35. The molecule has 23 heavy (non-hydrogen) atoms. The van der Waals surface area contributed by atoms with Crippen LogP contribution in [0.25, 0.3) is 0 Å². The molecule has 2 aromatic rings. The molecule has 1 aliphatic heterocycles. The van der Waals surface area contributed by atoms with Crippen LogP contribution in [0.1, 0.15) is 24.1 Å². The number of likely N-dealkylation sites (tertiary alicyclic amines) is 1. The number of carbonyl (C=O) groups is 1. The zero-order valence-electron chi connectivity index (χ0n) is 13.3. The van der Waals surface area contributed by atoms with Crippen LogP contribution in [-0.2, 0) is 17.8 Å². The van der Waals surface area contributed by atoms with Crippen LogP contribution in [0.5, 0.6) is 0 Å². The maximum absolute atomic E-state index is 12.1. The van der Waals surface area contributed by atoms with E-state index >= 15 is 0 Å². The normalized spacial score (nSPS) is 17.7. The van der Waals surface area contributed by atoms with E-state index in [-0.39, 0.29) is 11.9 Å². The molecule has 4 nitrogen and oxygen atoms in total. The fourth-order valence-corrected chi connectivity index (χ4v) is 3.00.